The Morgan fingerprint density at radius 1 is 1.60 bits per heavy atom. The SMILES string of the molecule is CCn1ccnc1C(=O)CC(C)(C)OC. The fraction of sp³-hybridized carbons (Fsp3) is 0.636. The summed E-state index contributed by atoms with van der Waals surface area (Å²) in [4.78, 5) is 16.0. The zero-order valence-electron chi connectivity index (χ0n) is 9.78. The van der Waals surface area contributed by atoms with Crippen LogP contribution in [0, 0.1) is 0 Å². The van der Waals surface area contributed by atoms with Crippen molar-refractivity contribution in [1.82, 2.24) is 9.55 Å². The summed E-state index contributed by atoms with van der Waals surface area (Å²) in [6.07, 6.45) is 3.81. The maximum Gasteiger partial charge on any atom is 0.201 e. The summed E-state index contributed by atoms with van der Waals surface area (Å²) < 4.78 is 7.06. The molecule has 1 heterocycles. The molecule has 0 N–H and O–H groups in total. The number of rotatable bonds is 5. The van der Waals surface area contributed by atoms with E-state index in [2.05, 4.69) is 4.98 Å². The number of hydrogen-bond acceptors (Lipinski definition) is 3. The highest BCUT2D eigenvalue weighted by molar-refractivity contribution is 5.93. The van der Waals surface area contributed by atoms with Gasteiger partial charge in [-0.05, 0) is 20.8 Å². The van der Waals surface area contributed by atoms with Crippen molar-refractivity contribution in [1.29, 1.82) is 0 Å². The zero-order valence-corrected chi connectivity index (χ0v) is 9.78. The van der Waals surface area contributed by atoms with Gasteiger partial charge in [-0.2, -0.15) is 0 Å². The van der Waals surface area contributed by atoms with Crippen molar-refractivity contribution in [2.45, 2.75) is 39.3 Å². The fourth-order valence-electron chi connectivity index (χ4n) is 1.35. The molecule has 1 aromatic rings. The first-order valence-corrected chi connectivity index (χ1v) is 5.09. The first-order valence-electron chi connectivity index (χ1n) is 5.09. The number of carbonyl (C=O) groups is 1. The zero-order chi connectivity index (χ0) is 11.5. The van der Waals surface area contributed by atoms with E-state index in [9.17, 15) is 4.79 Å². The molecule has 0 radical (unpaired) electrons. The third-order valence-electron chi connectivity index (χ3n) is 2.44. The average Bonchev–Trinajstić information content (AvgIpc) is 2.64. The summed E-state index contributed by atoms with van der Waals surface area (Å²) >= 11 is 0. The van der Waals surface area contributed by atoms with Crippen LogP contribution in [-0.4, -0.2) is 28.0 Å². The average molecular weight is 210 g/mol. The minimum atomic E-state index is -0.429. The Labute approximate surface area is 90.3 Å². The Kier molecular flexibility index (Phi) is 3.63. The molecule has 0 saturated carbocycles. The number of hydrogen-bond donors (Lipinski definition) is 0. The van der Waals surface area contributed by atoms with Crippen LogP contribution in [0.1, 0.15) is 37.8 Å². The number of ketones is 1. The van der Waals surface area contributed by atoms with Gasteiger partial charge in [-0.1, -0.05) is 0 Å². The van der Waals surface area contributed by atoms with E-state index in [0.29, 0.717) is 12.2 Å². The van der Waals surface area contributed by atoms with Gasteiger partial charge in [0.15, 0.2) is 5.82 Å². The van der Waals surface area contributed by atoms with Crippen LogP contribution >= 0.6 is 0 Å². The van der Waals surface area contributed by atoms with E-state index >= 15 is 0 Å². The molecule has 1 rings (SSSR count). The van der Waals surface area contributed by atoms with Gasteiger partial charge >= 0.3 is 0 Å². The number of nitrogens with zero attached hydrogens (tertiary/aromatic N) is 2. The smallest absolute Gasteiger partial charge is 0.201 e. The lowest BCUT2D eigenvalue weighted by Crippen LogP contribution is -2.27. The van der Waals surface area contributed by atoms with Gasteiger partial charge in [-0.25, -0.2) is 4.98 Å². The Bertz CT molecular complexity index is 342. The van der Waals surface area contributed by atoms with Crippen LogP contribution in [-0.2, 0) is 11.3 Å². The van der Waals surface area contributed by atoms with Crippen molar-refractivity contribution in [2.24, 2.45) is 0 Å². The van der Waals surface area contributed by atoms with E-state index in [1.165, 1.54) is 0 Å². The Morgan fingerprint density at radius 3 is 2.80 bits per heavy atom. The van der Waals surface area contributed by atoms with Crippen LogP contribution in [0.15, 0.2) is 12.4 Å². The molecular formula is C11H18N2O2. The summed E-state index contributed by atoms with van der Waals surface area (Å²) in [6, 6.07) is 0. The quantitative estimate of drug-likeness (QED) is 0.697. The normalized spacial score (nSPS) is 11.7. The van der Waals surface area contributed by atoms with E-state index in [0.717, 1.165) is 6.54 Å². The molecule has 0 fully saturated rings. The summed E-state index contributed by atoms with van der Waals surface area (Å²) in [5.74, 6) is 0.538. The van der Waals surface area contributed by atoms with E-state index in [1.54, 1.807) is 13.3 Å². The second kappa shape index (κ2) is 4.57. The summed E-state index contributed by atoms with van der Waals surface area (Å²) in [6.45, 7) is 6.53. The number of carbonyl (C=O) groups excluding carboxylic acids is 1. The predicted octanol–water partition coefficient (Wildman–Crippen LogP) is 1.90. The van der Waals surface area contributed by atoms with Crippen molar-refractivity contribution in [3.63, 3.8) is 0 Å². The van der Waals surface area contributed by atoms with Gasteiger partial charge in [0.25, 0.3) is 0 Å². The Hall–Kier alpha value is -1.16. The van der Waals surface area contributed by atoms with Crippen LogP contribution in [0.3, 0.4) is 0 Å². The van der Waals surface area contributed by atoms with E-state index in [-0.39, 0.29) is 5.78 Å². The summed E-state index contributed by atoms with van der Waals surface area (Å²) in [5, 5.41) is 0. The first kappa shape index (κ1) is 11.9. The standard InChI is InChI=1S/C11H18N2O2/c1-5-13-7-6-12-10(13)9(14)8-11(2,3)15-4/h6-7H,5,8H2,1-4H3. The van der Waals surface area contributed by atoms with Crippen LogP contribution in [0.5, 0.6) is 0 Å². The highest BCUT2D eigenvalue weighted by Gasteiger charge is 2.24. The molecule has 1 aromatic heterocycles. The molecule has 4 heteroatoms. The lowest BCUT2D eigenvalue weighted by atomic mass is 10.0. The molecule has 15 heavy (non-hydrogen) atoms. The maximum atomic E-state index is 11.9. The van der Waals surface area contributed by atoms with Crippen LogP contribution in [0.2, 0.25) is 0 Å². The second-order valence-electron chi connectivity index (χ2n) is 4.10. The monoisotopic (exact) mass is 210 g/mol. The largest absolute Gasteiger partial charge is 0.378 e. The van der Waals surface area contributed by atoms with Crippen molar-refractivity contribution >= 4 is 5.78 Å². The van der Waals surface area contributed by atoms with Crippen LogP contribution in [0.25, 0.3) is 0 Å². The highest BCUT2D eigenvalue weighted by Crippen LogP contribution is 2.16. The highest BCUT2D eigenvalue weighted by atomic mass is 16.5. The topological polar surface area (TPSA) is 44.1 Å². The Morgan fingerprint density at radius 2 is 2.27 bits per heavy atom. The van der Waals surface area contributed by atoms with Gasteiger partial charge in [0.1, 0.15) is 0 Å². The van der Waals surface area contributed by atoms with Crippen LogP contribution in [0.4, 0.5) is 0 Å². The molecule has 0 amide bonds. The Balaban J connectivity index is 2.78. The van der Waals surface area contributed by atoms with E-state index < -0.39 is 5.60 Å². The number of aryl methyl sites for hydroxylation is 1. The van der Waals surface area contributed by atoms with Gasteiger partial charge in [-0.15, -0.1) is 0 Å². The third-order valence-corrected chi connectivity index (χ3v) is 2.44. The minimum absolute atomic E-state index is 0.0219. The number of imidazole rings is 1. The van der Waals surface area contributed by atoms with Crippen molar-refractivity contribution in [3.05, 3.63) is 18.2 Å². The van der Waals surface area contributed by atoms with Gasteiger partial charge in [-0.3, -0.25) is 4.79 Å². The number of methoxy groups -OCH3 is 1. The third kappa shape index (κ3) is 2.89. The van der Waals surface area contributed by atoms with E-state index in [1.807, 2.05) is 31.5 Å². The second-order valence-corrected chi connectivity index (χ2v) is 4.10. The molecule has 0 aliphatic heterocycles. The van der Waals surface area contributed by atoms with Crippen molar-refractivity contribution in [2.75, 3.05) is 7.11 Å². The van der Waals surface area contributed by atoms with Crippen LogP contribution < -0.4 is 0 Å². The molecule has 0 saturated heterocycles. The molecule has 0 spiro atoms. The van der Waals surface area contributed by atoms with E-state index in [4.69, 9.17) is 4.74 Å². The minimum Gasteiger partial charge on any atom is -0.378 e. The number of aromatic nitrogens is 2. The van der Waals surface area contributed by atoms with Crippen molar-refractivity contribution in [3.8, 4) is 0 Å². The maximum absolute atomic E-state index is 11.9. The molecular weight excluding hydrogens is 192 g/mol. The summed E-state index contributed by atoms with van der Waals surface area (Å²) in [7, 11) is 1.61. The van der Waals surface area contributed by atoms with Gasteiger partial charge in [0.2, 0.25) is 5.78 Å². The molecule has 84 valence electrons. The number of Topliss-reactive ketones (excluding diaryl/α,β-unsaturated/α-hetero) is 1. The molecule has 0 aliphatic carbocycles. The lowest BCUT2D eigenvalue weighted by molar-refractivity contribution is 0.0167. The molecule has 0 aromatic carbocycles. The molecule has 0 bridgehead atoms. The van der Waals surface area contributed by atoms with Crippen molar-refractivity contribution < 1.29 is 9.53 Å². The fourth-order valence-corrected chi connectivity index (χ4v) is 1.35. The molecule has 0 atom stereocenters. The lowest BCUT2D eigenvalue weighted by Gasteiger charge is -2.21. The first-order chi connectivity index (χ1) is 7.00. The molecule has 4 nitrogen and oxygen atoms in total. The van der Waals surface area contributed by atoms with Gasteiger partial charge in [0.05, 0.1) is 5.60 Å². The predicted molar refractivity (Wildman–Crippen MR) is 57.9 cm³/mol. The molecule has 0 aliphatic rings. The molecule has 0 unspecified atom stereocenters. The van der Waals surface area contributed by atoms with Gasteiger partial charge < -0.3 is 9.30 Å². The summed E-state index contributed by atoms with van der Waals surface area (Å²) in [5.41, 5.74) is -0.429. The van der Waals surface area contributed by atoms with Gasteiger partial charge in [0, 0.05) is 32.5 Å². The number of ether oxygens (including phenoxy) is 1.